The minimum absolute atomic E-state index is 0.0835. The first-order chi connectivity index (χ1) is 9.39. The molecule has 0 saturated carbocycles. The molecule has 0 aliphatic heterocycles. The average Bonchev–Trinajstić information content (AvgIpc) is 2.86. The Kier molecular flexibility index (Phi) is 4.18. The van der Waals surface area contributed by atoms with Gasteiger partial charge in [-0.2, -0.15) is 0 Å². The van der Waals surface area contributed by atoms with Crippen molar-refractivity contribution in [1.82, 2.24) is 4.98 Å². The summed E-state index contributed by atoms with van der Waals surface area (Å²) < 4.78 is 13.0. The summed E-state index contributed by atoms with van der Waals surface area (Å²) in [6.07, 6.45) is 0.519. The van der Waals surface area contributed by atoms with Gasteiger partial charge in [-0.1, -0.05) is 12.1 Å². The molecule has 0 spiro atoms. The minimum Gasteiger partial charge on any atom is -0.481 e. The molecule has 5 heteroatoms. The van der Waals surface area contributed by atoms with E-state index in [1.54, 1.807) is 12.1 Å². The number of hydrogen-bond acceptors (Lipinski definition) is 3. The molecule has 2 rings (SSSR count). The zero-order valence-corrected chi connectivity index (χ0v) is 12.2. The highest BCUT2D eigenvalue weighted by Crippen LogP contribution is 2.33. The highest BCUT2D eigenvalue weighted by molar-refractivity contribution is 7.09. The van der Waals surface area contributed by atoms with E-state index in [1.807, 2.05) is 19.2 Å². The summed E-state index contributed by atoms with van der Waals surface area (Å²) in [5, 5.41) is 11.5. The van der Waals surface area contributed by atoms with Crippen LogP contribution in [-0.2, 0) is 16.6 Å². The van der Waals surface area contributed by atoms with E-state index in [-0.39, 0.29) is 17.7 Å². The van der Waals surface area contributed by atoms with E-state index in [2.05, 4.69) is 4.98 Å². The third-order valence-corrected chi connectivity index (χ3v) is 4.46. The Morgan fingerprint density at radius 2 is 2.00 bits per heavy atom. The number of aromatic nitrogens is 1. The first-order valence-electron chi connectivity index (χ1n) is 6.32. The summed E-state index contributed by atoms with van der Waals surface area (Å²) in [4.78, 5) is 15.1. The molecule has 1 aromatic heterocycles. The van der Waals surface area contributed by atoms with Crippen molar-refractivity contribution in [2.75, 3.05) is 0 Å². The van der Waals surface area contributed by atoms with Gasteiger partial charge < -0.3 is 5.11 Å². The van der Waals surface area contributed by atoms with Gasteiger partial charge in [-0.05, 0) is 31.5 Å². The van der Waals surface area contributed by atoms with Gasteiger partial charge in [0, 0.05) is 17.2 Å². The summed E-state index contributed by atoms with van der Waals surface area (Å²) in [5.74, 6) is -1.08. The van der Waals surface area contributed by atoms with Gasteiger partial charge in [0.15, 0.2) is 0 Å². The Bertz CT molecular complexity index is 605. The molecule has 0 aliphatic carbocycles. The summed E-state index contributed by atoms with van der Waals surface area (Å²) in [6, 6.07) is 6.40. The normalized spacial score (nSPS) is 11.6. The van der Waals surface area contributed by atoms with E-state index in [9.17, 15) is 9.18 Å². The largest absolute Gasteiger partial charge is 0.481 e. The molecule has 0 unspecified atom stereocenters. The molecule has 106 valence electrons. The van der Waals surface area contributed by atoms with Crippen LogP contribution in [0.3, 0.4) is 0 Å². The number of carboxylic acid groups (broad SMARTS) is 1. The zero-order chi connectivity index (χ0) is 14.8. The van der Waals surface area contributed by atoms with Crippen LogP contribution < -0.4 is 0 Å². The van der Waals surface area contributed by atoms with Gasteiger partial charge in [-0.25, -0.2) is 9.37 Å². The second-order valence-electron chi connectivity index (χ2n) is 5.17. The zero-order valence-electron chi connectivity index (χ0n) is 11.4. The second kappa shape index (κ2) is 5.71. The first-order valence-corrected chi connectivity index (χ1v) is 7.20. The predicted molar refractivity (Wildman–Crippen MR) is 76.6 cm³/mol. The standard InChI is InChI=1S/C15H16FNO2S/c1-15(2,10-3-5-11(16)6-4-10)14-17-12(9-20-14)7-8-13(18)19/h3-6,9H,7-8H2,1-2H3,(H,18,19). The van der Waals surface area contributed by atoms with Crippen LogP contribution in [0.1, 0.15) is 36.5 Å². The third-order valence-electron chi connectivity index (χ3n) is 3.25. The molecule has 2 aromatic rings. The summed E-state index contributed by atoms with van der Waals surface area (Å²) >= 11 is 1.51. The lowest BCUT2D eigenvalue weighted by atomic mass is 9.85. The van der Waals surface area contributed by atoms with Crippen molar-refractivity contribution in [1.29, 1.82) is 0 Å². The van der Waals surface area contributed by atoms with Crippen LogP contribution in [0, 0.1) is 5.82 Å². The molecule has 1 N–H and O–H groups in total. The van der Waals surface area contributed by atoms with Crippen molar-refractivity contribution in [3.8, 4) is 0 Å². The number of halogens is 1. The van der Waals surface area contributed by atoms with Crippen molar-refractivity contribution in [2.24, 2.45) is 0 Å². The van der Waals surface area contributed by atoms with Crippen molar-refractivity contribution in [2.45, 2.75) is 32.1 Å². The van der Waals surface area contributed by atoms with Crippen LogP contribution in [0.2, 0.25) is 0 Å². The Morgan fingerprint density at radius 3 is 2.60 bits per heavy atom. The van der Waals surface area contributed by atoms with Crippen LogP contribution in [0.15, 0.2) is 29.6 Å². The Labute approximate surface area is 121 Å². The lowest BCUT2D eigenvalue weighted by Gasteiger charge is -2.22. The molecule has 3 nitrogen and oxygen atoms in total. The predicted octanol–water partition coefficient (Wildman–Crippen LogP) is 3.63. The molecule has 1 heterocycles. The third kappa shape index (κ3) is 3.22. The number of nitrogens with zero attached hydrogens (tertiary/aromatic N) is 1. The van der Waals surface area contributed by atoms with E-state index < -0.39 is 5.97 Å². The van der Waals surface area contributed by atoms with Gasteiger partial charge in [0.2, 0.25) is 0 Å². The molecule has 0 aliphatic rings. The SMILES string of the molecule is CC(C)(c1ccc(F)cc1)c1nc(CCC(=O)O)cs1. The molecule has 1 aromatic carbocycles. The molecular formula is C15H16FNO2S. The Hall–Kier alpha value is -1.75. The highest BCUT2D eigenvalue weighted by atomic mass is 32.1. The topological polar surface area (TPSA) is 50.2 Å². The number of carboxylic acids is 1. The number of rotatable bonds is 5. The molecule has 0 bridgehead atoms. The maximum absolute atomic E-state index is 13.0. The summed E-state index contributed by atoms with van der Waals surface area (Å²) in [6.45, 7) is 4.06. The van der Waals surface area contributed by atoms with Gasteiger partial charge >= 0.3 is 5.97 Å². The van der Waals surface area contributed by atoms with E-state index in [0.717, 1.165) is 16.3 Å². The fourth-order valence-electron chi connectivity index (χ4n) is 1.93. The maximum atomic E-state index is 13.0. The van der Waals surface area contributed by atoms with Crippen LogP contribution in [-0.4, -0.2) is 16.1 Å². The first kappa shape index (κ1) is 14.7. The molecule has 0 fully saturated rings. The number of benzene rings is 1. The molecule has 0 saturated heterocycles. The van der Waals surface area contributed by atoms with Crippen molar-refractivity contribution >= 4 is 17.3 Å². The average molecular weight is 293 g/mol. The number of aliphatic carboxylic acids is 1. The highest BCUT2D eigenvalue weighted by Gasteiger charge is 2.26. The molecule has 0 radical (unpaired) electrons. The molecule has 20 heavy (non-hydrogen) atoms. The van der Waals surface area contributed by atoms with E-state index >= 15 is 0 Å². The van der Waals surface area contributed by atoms with Crippen LogP contribution in [0.25, 0.3) is 0 Å². The van der Waals surface area contributed by atoms with Gasteiger partial charge in [-0.3, -0.25) is 4.79 Å². The second-order valence-corrected chi connectivity index (χ2v) is 6.03. The number of hydrogen-bond donors (Lipinski definition) is 1. The van der Waals surface area contributed by atoms with E-state index in [1.165, 1.54) is 23.5 Å². The van der Waals surface area contributed by atoms with E-state index in [0.29, 0.717) is 6.42 Å². The number of carbonyl (C=O) groups is 1. The summed E-state index contributed by atoms with van der Waals surface area (Å²) in [7, 11) is 0. The van der Waals surface area contributed by atoms with Gasteiger partial charge in [0.05, 0.1) is 12.1 Å². The molecular weight excluding hydrogens is 277 g/mol. The van der Waals surface area contributed by atoms with Gasteiger partial charge in [-0.15, -0.1) is 11.3 Å². The van der Waals surface area contributed by atoms with Crippen molar-refractivity contribution < 1.29 is 14.3 Å². The lowest BCUT2D eigenvalue weighted by Crippen LogP contribution is -2.18. The lowest BCUT2D eigenvalue weighted by molar-refractivity contribution is -0.136. The summed E-state index contributed by atoms with van der Waals surface area (Å²) in [5.41, 5.74) is 1.46. The Balaban J connectivity index is 2.21. The molecule has 0 atom stereocenters. The minimum atomic E-state index is -0.822. The van der Waals surface area contributed by atoms with Crippen LogP contribution in [0.4, 0.5) is 4.39 Å². The van der Waals surface area contributed by atoms with Crippen LogP contribution in [0.5, 0.6) is 0 Å². The molecule has 0 amide bonds. The van der Waals surface area contributed by atoms with Gasteiger partial charge in [0.25, 0.3) is 0 Å². The van der Waals surface area contributed by atoms with Crippen molar-refractivity contribution in [3.05, 3.63) is 51.7 Å². The monoisotopic (exact) mass is 293 g/mol. The fraction of sp³-hybridized carbons (Fsp3) is 0.333. The van der Waals surface area contributed by atoms with E-state index in [4.69, 9.17) is 5.11 Å². The Morgan fingerprint density at radius 1 is 1.35 bits per heavy atom. The fourth-order valence-corrected chi connectivity index (χ4v) is 2.93. The number of aryl methyl sites for hydroxylation is 1. The van der Waals surface area contributed by atoms with Gasteiger partial charge in [0.1, 0.15) is 10.8 Å². The number of thiazole rings is 1. The maximum Gasteiger partial charge on any atom is 0.303 e. The smallest absolute Gasteiger partial charge is 0.303 e. The quantitative estimate of drug-likeness (QED) is 0.916. The van der Waals surface area contributed by atoms with Crippen molar-refractivity contribution in [3.63, 3.8) is 0 Å². The van der Waals surface area contributed by atoms with Crippen LogP contribution >= 0.6 is 11.3 Å².